The number of likely N-dealkylation sites (tertiary alicyclic amines) is 1. The summed E-state index contributed by atoms with van der Waals surface area (Å²) in [6.07, 6.45) is 5.36. The van der Waals surface area contributed by atoms with Gasteiger partial charge in [-0.2, -0.15) is 0 Å². The Kier molecular flexibility index (Phi) is 4.24. The van der Waals surface area contributed by atoms with E-state index in [4.69, 9.17) is 0 Å². The lowest BCUT2D eigenvalue weighted by Crippen LogP contribution is -2.44. The van der Waals surface area contributed by atoms with E-state index in [-0.39, 0.29) is 6.03 Å². The predicted molar refractivity (Wildman–Crippen MR) is 81.5 cm³/mol. The van der Waals surface area contributed by atoms with Gasteiger partial charge in [-0.25, -0.2) is 9.78 Å². The standard InChI is InChI=1S/C15H22N4O2/c20-13-4-3-9-19(11-13)15(21)17-12-5-6-14(16-10-12)18-7-1-2-8-18/h5-6,10,13,20H,1-4,7-9,11H2,(H,17,21)/t13-/m1/s1. The molecule has 0 radical (unpaired) electrons. The molecule has 0 aliphatic carbocycles. The van der Waals surface area contributed by atoms with Crippen LogP contribution in [0.3, 0.4) is 0 Å². The van der Waals surface area contributed by atoms with E-state index in [1.165, 1.54) is 12.8 Å². The molecule has 114 valence electrons. The van der Waals surface area contributed by atoms with Gasteiger partial charge in [-0.1, -0.05) is 0 Å². The number of urea groups is 1. The molecule has 1 atom stereocenters. The van der Waals surface area contributed by atoms with Gasteiger partial charge in [0.25, 0.3) is 0 Å². The Morgan fingerprint density at radius 3 is 2.71 bits per heavy atom. The summed E-state index contributed by atoms with van der Waals surface area (Å²) < 4.78 is 0. The third-order valence-electron chi connectivity index (χ3n) is 4.11. The van der Waals surface area contributed by atoms with Gasteiger partial charge in [0.2, 0.25) is 0 Å². The number of nitrogens with zero attached hydrogens (tertiary/aromatic N) is 3. The Labute approximate surface area is 124 Å². The fourth-order valence-electron chi connectivity index (χ4n) is 2.94. The van der Waals surface area contributed by atoms with Gasteiger partial charge in [-0.05, 0) is 37.8 Å². The Morgan fingerprint density at radius 2 is 2.05 bits per heavy atom. The van der Waals surface area contributed by atoms with Crippen molar-refractivity contribution in [2.45, 2.75) is 31.8 Å². The smallest absolute Gasteiger partial charge is 0.321 e. The number of β-amino-alcohol motifs (C(OH)–C–C–N with tert-alkyl or cyclic N) is 1. The number of aliphatic hydroxyl groups excluding tert-OH is 1. The molecule has 6 nitrogen and oxygen atoms in total. The molecule has 0 aromatic carbocycles. The van der Waals surface area contributed by atoms with Gasteiger partial charge >= 0.3 is 6.03 Å². The monoisotopic (exact) mass is 290 g/mol. The van der Waals surface area contributed by atoms with Gasteiger partial charge in [0.05, 0.1) is 18.0 Å². The summed E-state index contributed by atoms with van der Waals surface area (Å²) in [7, 11) is 0. The zero-order valence-electron chi connectivity index (χ0n) is 12.2. The number of pyridine rings is 1. The highest BCUT2D eigenvalue weighted by Crippen LogP contribution is 2.19. The number of carbonyl (C=O) groups is 1. The van der Waals surface area contributed by atoms with E-state index in [9.17, 15) is 9.90 Å². The quantitative estimate of drug-likeness (QED) is 0.869. The first kappa shape index (κ1) is 14.1. The zero-order valence-corrected chi connectivity index (χ0v) is 12.2. The molecule has 0 spiro atoms. The van der Waals surface area contributed by atoms with E-state index >= 15 is 0 Å². The van der Waals surface area contributed by atoms with Crippen LogP contribution < -0.4 is 10.2 Å². The molecule has 2 N–H and O–H groups in total. The summed E-state index contributed by atoms with van der Waals surface area (Å²) in [5.74, 6) is 0.971. The lowest BCUT2D eigenvalue weighted by Gasteiger charge is -2.30. The normalized spacial score (nSPS) is 22.4. The minimum atomic E-state index is -0.403. The largest absolute Gasteiger partial charge is 0.391 e. The van der Waals surface area contributed by atoms with Gasteiger partial charge in [0, 0.05) is 26.2 Å². The molecule has 2 aliphatic rings. The molecule has 1 aromatic heterocycles. The predicted octanol–water partition coefficient (Wildman–Crippen LogP) is 1.67. The molecule has 2 aliphatic heterocycles. The van der Waals surface area contributed by atoms with Crippen molar-refractivity contribution in [2.75, 3.05) is 36.4 Å². The fourth-order valence-corrected chi connectivity index (χ4v) is 2.94. The van der Waals surface area contributed by atoms with E-state index in [0.29, 0.717) is 18.8 Å². The zero-order chi connectivity index (χ0) is 14.7. The maximum absolute atomic E-state index is 12.1. The van der Waals surface area contributed by atoms with Crippen LogP contribution in [-0.4, -0.2) is 53.3 Å². The van der Waals surface area contributed by atoms with Crippen molar-refractivity contribution >= 4 is 17.5 Å². The SMILES string of the molecule is O=C(Nc1ccc(N2CCCC2)nc1)N1CCC[C@@H](O)C1. The first-order valence-corrected chi connectivity index (χ1v) is 7.67. The average Bonchev–Trinajstić information content (AvgIpc) is 3.02. The van der Waals surface area contributed by atoms with Gasteiger partial charge in [0.15, 0.2) is 0 Å². The van der Waals surface area contributed by atoms with Crippen LogP contribution in [0.4, 0.5) is 16.3 Å². The van der Waals surface area contributed by atoms with E-state index in [1.54, 1.807) is 11.1 Å². The molecule has 3 rings (SSSR count). The van der Waals surface area contributed by atoms with Crippen molar-refractivity contribution in [3.05, 3.63) is 18.3 Å². The lowest BCUT2D eigenvalue weighted by atomic mass is 10.1. The van der Waals surface area contributed by atoms with Crippen LogP contribution in [0.1, 0.15) is 25.7 Å². The van der Waals surface area contributed by atoms with Gasteiger partial charge in [-0.15, -0.1) is 0 Å². The highest BCUT2D eigenvalue weighted by Gasteiger charge is 2.22. The summed E-state index contributed by atoms with van der Waals surface area (Å²) in [5.41, 5.74) is 0.697. The molecule has 6 heteroatoms. The van der Waals surface area contributed by atoms with Crippen LogP contribution in [0.5, 0.6) is 0 Å². The summed E-state index contributed by atoms with van der Waals surface area (Å²) >= 11 is 0. The number of carbonyl (C=O) groups excluding carboxylic acids is 1. The van der Waals surface area contributed by atoms with Crippen molar-refractivity contribution in [1.82, 2.24) is 9.88 Å². The van der Waals surface area contributed by atoms with Gasteiger partial charge < -0.3 is 20.2 Å². The molecule has 0 saturated carbocycles. The highest BCUT2D eigenvalue weighted by atomic mass is 16.3. The first-order valence-electron chi connectivity index (χ1n) is 7.67. The summed E-state index contributed by atoms with van der Waals surface area (Å²) in [6, 6.07) is 3.68. The molecule has 2 amide bonds. The second-order valence-corrected chi connectivity index (χ2v) is 5.77. The third kappa shape index (κ3) is 3.44. The summed E-state index contributed by atoms with van der Waals surface area (Å²) in [5, 5.41) is 12.5. The van der Waals surface area contributed by atoms with Gasteiger partial charge in [0.1, 0.15) is 5.82 Å². The Hall–Kier alpha value is -1.82. The second-order valence-electron chi connectivity index (χ2n) is 5.77. The third-order valence-corrected chi connectivity index (χ3v) is 4.11. The fraction of sp³-hybridized carbons (Fsp3) is 0.600. The van der Waals surface area contributed by atoms with E-state index < -0.39 is 6.10 Å². The molecule has 3 heterocycles. The van der Waals surface area contributed by atoms with Crippen LogP contribution in [0.25, 0.3) is 0 Å². The number of aromatic nitrogens is 1. The minimum Gasteiger partial charge on any atom is -0.391 e. The number of piperidine rings is 1. The van der Waals surface area contributed by atoms with E-state index in [1.807, 2.05) is 12.1 Å². The number of aliphatic hydroxyl groups is 1. The van der Waals surface area contributed by atoms with Crippen LogP contribution in [-0.2, 0) is 0 Å². The highest BCUT2D eigenvalue weighted by molar-refractivity contribution is 5.89. The molecule has 1 aromatic rings. The molecule has 0 bridgehead atoms. The molecular formula is C15H22N4O2. The van der Waals surface area contributed by atoms with Crippen LogP contribution in [0, 0.1) is 0 Å². The molecule has 2 saturated heterocycles. The number of anilines is 2. The molecule has 2 fully saturated rings. The van der Waals surface area contributed by atoms with Crippen LogP contribution in [0.2, 0.25) is 0 Å². The van der Waals surface area contributed by atoms with Crippen molar-refractivity contribution in [3.8, 4) is 0 Å². The average molecular weight is 290 g/mol. The van der Waals surface area contributed by atoms with E-state index in [0.717, 1.165) is 31.7 Å². The summed E-state index contributed by atoms with van der Waals surface area (Å²) in [6.45, 7) is 3.22. The van der Waals surface area contributed by atoms with Crippen LogP contribution in [0.15, 0.2) is 18.3 Å². The topological polar surface area (TPSA) is 68.7 Å². The number of hydrogen-bond donors (Lipinski definition) is 2. The molecular weight excluding hydrogens is 268 g/mol. The number of rotatable bonds is 2. The molecule has 0 unspecified atom stereocenters. The summed E-state index contributed by atoms with van der Waals surface area (Å²) in [4.78, 5) is 20.4. The minimum absolute atomic E-state index is 0.163. The van der Waals surface area contributed by atoms with Crippen LogP contribution >= 0.6 is 0 Å². The Morgan fingerprint density at radius 1 is 1.24 bits per heavy atom. The van der Waals surface area contributed by atoms with E-state index in [2.05, 4.69) is 15.2 Å². The number of nitrogens with one attached hydrogen (secondary N) is 1. The van der Waals surface area contributed by atoms with Crippen molar-refractivity contribution < 1.29 is 9.90 Å². The van der Waals surface area contributed by atoms with Gasteiger partial charge in [-0.3, -0.25) is 0 Å². The van der Waals surface area contributed by atoms with Crippen molar-refractivity contribution in [1.29, 1.82) is 0 Å². The maximum Gasteiger partial charge on any atom is 0.321 e. The second kappa shape index (κ2) is 6.30. The maximum atomic E-state index is 12.1. The Balaban J connectivity index is 1.58. The Bertz CT molecular complexity index is 485. The first-order chi connectivity index (χ1) is 10.2. The number of amides is 2. The van der Waals surface area contributed by atoms with Crippen molar-refractivity contribution in [2.24, 2.45) is 0 Å². The molecule has 21 heavy (non-hydrogen) atoms. The van der Waals surface area contributed by atoms with Crippen molar-refractivity contribution in [3.63, 3.8) is 0 Å². The number of hydrogen-bond acceptors (Lipinski definition) is 4. The lowest BCUT2D eigenvalue weighted by molar-refractivity contribution is 0.0883.